The SMILES string of the molecule is CC[C@H]1CN(C[C@@H](O)[C@@H]2Cc3ccccc3CN2)C(=O)c2cc(NC3CCN(C(C)=O)CC3)ncc21. The number of benzene rings is 1. The third-order valence-corrected chi connectivity index (χ3v) is 8.10. The Morgan fingerprint density at radius 3 is 2.72 bits per heavy atom. The number of pyridine rings is 1. The Hall–Kier alpha value is -2.97. The van der Waals surface area contributed by atoms with Crippen LogP contribution in [0.3, 0.4) is 0 Å². The van der Waals surface area contributed by atoms with Crippen molar-refractivity contribution < 1.29 is 14.7 Å². The number of nitrogens with one attached hydrogen (secondary N) is 2. The summed E-state index contributed by atoms with van der Waals surface area (Å²) >= 11 is 0. The summed E-state index contributed by atoms with van der Waals surface area (Å²) in [5.41, 5.74) is 4.21. The Bertz CT molecular complexity index is 1110. The summed E-state index contributed by atoms with van der Waals surface area (Å²) in [5.74, 6) is 0.977. The number of β-amino-alcohol motifs (C(OH)–C–C–N with tert-alkyl or cyclic N) is 1. The van der Waals surface area contributed by atoms with Crippen molar-refractivity contribution in [3.05, 3.63) is 58.8 Å². The maximum atomic E-state index is 13.6. The molecule has 0 spiro atoms. The van der Waals surface area contributed by atoms with Crippen molar-refractivity contribution in [2.75, 3.05) is 31.5 Å². The lowest BCUT2D eigenvalue weighted by atomic mass is 9.88. The molecule has 5 rings (SSSR count). The molecule has 2 amide bonds. The minimum atomic E-state index is -0.646. The fourth-order valence-electron chi connectivity index (χ4n) is 5.83. The molecular weight excluding hydrogens is 454 g/mol. The minimum absolute atomic E-state index is 0.0400. The minimum Gasteiger partial charge on any atom is -0.390 e. The van der Waals surface area contributed by atoms with Gasteiger partial charge >= 0.3 is 0 Å². The first-order valence-electron chi connectivity index (χ1n) is 13.2. The van der Waals surface area contributed by atoms with Crippen LogP contribution in [0.15, 0.2) is 36.5 Å². The van der Waals surface area contributed by atoms with Crippen molar-refractivity contribution in [1.29, 1.82) is 0 Å². The zero-order valence-electron chi connectivity index (χ0n) is 21.2. The third kappa shape index (κ3) is 5.11. The third-order valence-electron chi connectivity index (χ3n) is 8.10. The first kappa shape index (κ1) is 24.7. The predicted octanol–water partition coefficient (Wildman–Crippen LogP) is 2.53. The van der Waals surface area contributed by atoms with Crippen LogP contribution in [0.25, 0.3) is 0 Å². The van der Waals surface area contributed by atoms with Crippen LogP contribution < -0.4 is 10.6 Å². The maximum Gasteiger partial charge on any atom is 0.254 e. The van der Waals surface area contributed by atoms with Crippen molar-refractivity contribution >= 4 is 17.6 Å². The lowest BCUT2D eigenvalue weighted by molar-refractivity contribution is -0.129. The largest absolute Gasteiger partial charge is 0.390 e. The van der Waals surface area contributed by atoms with Crippen molar-refractivity contribution in [3.63, 3.8) is 0 Å². The number of hydrogen-bond acceptors (Lipinski definition) is 6. The first-order valence-corrected chi connectivity index (χ1v) is 13.2. The van der Waals surface area contributed by atoms with Crippen LogP contribution in [0.4, 0.5) is 5.82 Å². The van der Waals surface area contributed by atoms with Crippen molar-refractivity contribution in [2.24, 2.45) is 0 Å². The maximum absolute atomic E-state index is 13.6. The zero-order chi connectivity index (χ0) is 25.2. The molecule has 192 valence electrons. The smallest absolute Gasteiger partial charge is 0.254 e. The van der Waals surface area contributed by atoms with E-state index >= 15 is 0 Å². The summed E-state index contributed by atoms with van der Waals surface area (Å²) in [5, 5.41) is 18.0. The standard InChI is InChI=1S/C28H37N5O3/c1-3-19-16-33(17-26(35)25-12-20-6-4-5-7-21(20)14-29-25)28(36)23-13-27(30-15-24(19)23)31-22-8-10-32(11-9-22)18(2)34/h4-7,13,15,19,22,25-26,29,35H,3,8-12,14,16-17H2,1-2H3,(H,30,31)/t19-,25-,26+/m0/s1. The summed E-state index contributed by atoms with van der Waals surface area (Å²) < 4.78 is 0. The molecule has 3 atom stereocenters. The Kier molecular flexibility index (Phi) is 7.25. The fourth-order valence-corrected chi connectivity index (χ4v) is 5.83. The number of anilines is 1. The van der Waals surface area contributed by atoms with Crippen LogP contribution in [0.1, 0.15) is 66.1 Å². The number of aliphatic hydroxyl groups is 1. The summed E-state index contributed by atoms with van der Waals surface area (Å²) in [4.78, 5) is 33.5. The Labute approximate surface area is 213 Å². The molecule has 1 saturated heterocycles. The monoisotopic (exact) mass is 491 g/mol. The number of amides is 2. The lowest BCUT2D eigenvalue weighted by Crippen LogP contribution is -2.52. The molecule has 8 heteroatoms. The highest BCUT2D eigenvalue weighted by molar-refractivity contribution is 5.97. The summed E-state index contributed by atoms with van der Waals surface area (Å²) in [6, 6.07) is 10.3. The summed E-state index contributed by atoms with van der Waals surface area (Å²) in [7, 11) is 0. The van der Waals surface area contributed by atoms with Gasteiger partial charge in [-0.3, -0.25) is 9.59 Å². The molecule has 0 unspecified atom stereocenters. The molecule has 0 bridgehead atoms. The molecule has 1 fully saturated rings. The van der Waals surface area contributed by atoms with E-state index in [1.807, 2.05) is 34.2 Å². The van der Waals surface area contributed by atoms with Crippen LogP contribution in [0.2, 0.25) is 0 Å². The second-order valence-electron chi connectivity index (χ2n) is 10.4. The number of nitrogens with zero attached hydrogens (tertiary/aromatic N) is 3. The van der Waals surface area contributed by atoms with E-state index in [1.54, 1.807) is 6.92 Å². The van der Waals surface area contributed by atoms with Crippen LogP contribution in [0, 0.1) is 0 Å². The van der Waals surface area contributed by atoms with Crippen LogP contribution in [0.5, 0.6) is 0 Å². The van der Waals surface area contributed by atoms with Gasteiger partial charge in [0.25, 0.3) is 5.91 Å². The first-order chi connectivity index (χ1) is 17.4. The quantitative estimate of drug-likeness (QED) is 0.575. The van der Waals surface area contributed by atoms with Crippen LogP contribution in [-0.4, -0.2) is 76.1 Å². The van der Waals surface area contributed by atoms with Gasteiger partial charge in [0.05, 0.1) is 6.10 Å². The molecule has 1 aromatic heterocycles. The molecule has 4 heterocycles. The summed E-state index contributed by atoms with van der Waals surface area (Å²) in [6.45, 7) is 6.86. The van der Waals surface area contributed by atoms with E-state index in [9.17, 15) is 14.7 Å². The Balaban J connectivity index is 1.27. The average Bonchev–Trinajstić information content (AvgIpc) is 2.90. The van der Waals surface area contributed by atoms with Gasteiger partial charge in [-0.2, -0.15) is 0 Å². The molecule has 2 aromatic rings. The second kappa shape index (κ2) is 10.6. The van der Waals surface area contributed by atoms with Crippen LogP contribution >= 0.6 is 0 Å². The van der Waals surface area contributed by atoms with Gasteiger partial charge in [-0.15, -0.1) is 0 Å². The number of likely N-dealkylation sites (tertiary alicyclic amines) is 1. The number of aliphatic hydroxyl groups excluding tert-OH is 1. The highest BCUT2D eigenvalue weighted by Crippen LogP contribution is 2.32. The molecule has 3 aliphatic heterocycles. The van der Waals surface area contributed by atoms with Gasteiger partial charge in [0.2, 0.25) is 5.91 Å². The number of hydrogen-bond donors (Lipinski definition) is 3. The highest BCUT2D eigenvalue weighted by atomic mass is 16.3. The molecule has 3 N–H and O–H groups in total. The van der Waals surface area contributed by atoms with E-state index in [0.717, 1.165) is 50.9 Å². The lowest BCUT2D eigenvalue weighted by Gasteiger charge is -2.38. The molecule has 36 heavy (non-hydrogen) atoms. The summed E-state index contributed by atoms with van der Waals surface area (Å²) in [6.07, 6.45) is 4.58. The Morgan fingerprint density at radius 2 is 2.00 bits per heavy atom. The Morgan fingerprint density at radius 1 is 1.25 bits per heavy atom. The van der Waals surface area contributed by atoms with E-state index in [0.29, 0.717) is 24.5 Å². The van der Waals surface area contributed by atoms with E-state index in [1.165, 1.54) is 11.1 Å². The van der Waals surface area contributed by atoms with E-state index in [-0.39, 0.29) is 29.8 Å². The van der Waals surface area contributed by atoms with Gasteiger partial charge in [0.1, 0.15) is 5.82 Å². The van der Waals surface area contributed by atoms with Gasteiger partial charge in [0.15, 0.2) is 0 Å². The average molecular weight is 492 g/mol. The number of aromatic nitrogens is 1. The number of carbonyl (C=O) groups excluding carboxylic acids is 2. The van der Waals surface area contributed by atoms with E-state index in [4.69, 9.17) is 0 Å². The van der Waals surface area contributed by atoms with Gasteiger partial charge in [0, 0.05) is 69.4 Å². The topological polar surface area (TPSA) is 97.8 Å². The van der Waals surface area contributed by atoms with Crippen molar-refractivity contribution in [2.45, 2.75) is 70.2 Å². The van der Waals surface area contributed by atoms with Gasteiger partial charge < -0.3 is 25.5 Å². The normalized spacial score (nSPS) is 23.1. The zero-order valence-corrected chi connectivity index (χ0v) is 21.2. The molecule has 0 radical (unpaired) electrons. The number of carbonyl (C=O) groups is 2. The van der Waals surface area contributed by atoms with Crippen LogP contribution in [-0.2, 0) is 17.8 Å². The number of fused-ring (bicyclic) bond motifs is 2. The predicted molar refractivity (Wildman–Crippen MR) is 139 cm³/mol. The van der Waals surface area contributed by atoms with Crippen molar-refractivity contribution in [1.82, 2.24) is 20.1 Å². The van der Waals surface area contributed by atoms with E-state index < -0.39 is 6.10 Å². The number of piperidine rings is 1. The molecule has 1 aromatic carbocycles. The van der Waals surface area contributed by atoms with Crippen molar-refractivity contribution in [3.8, 4) is 0 Å². The van der Waals surface area contributed by atoms with Gasteiger partial charge in [-0.25, -0.2) is 4.98 Å². The van der Waals surface area contributed by atoms with Gasteiger partial charge in [-0.1, -0.05) is 31.2 Å². The number of rotatable bonds is 6. The second-order valence-corrected chi connectivity index (χ2v) is 10.4. The molecule has 0 saturated carbocycles. The molecule has 3 aliphatic rings. The molecule has 0 aliphatic carbocycles. The van der Waals surface area contributed by atoms with E-state index in [2.05, 4.69) is 34.7 Å². The fraction of sp³-hybridized carbons (Fsp3) is 0.536. The molecule has 8 nitrogen and oxygen atoms in total. The molecular formula is C28H37N5O3. The van der Waals surface area contributed by atoms with Gasteiger partial charge in [-0.05, 0) is 48.4 Å². The highest BCUT2D eigenvalue weighted by Gasteiger charge is 2.34.